The zero-order valence-electron chi connectivity index (χ0n) is 14.1. The number of nitrogens with zero attached hydrogens (tertiary/aromatic N) is 1. The van der Waals surface area contributed by atoms with Crippen molar-refractivity contribution in [3.63, 3.8) is 0 Å². The molecular weight excluding hydrogens is 356 g/mol. The molecule has 0 aliphatic carbocycles. The maximum atomic E-state index is 12.1. The minimum Gasteiger partial charge on any atom is -0.479 e. The Labute approximate surface area is 156 Å². The number of ether oxygens (including phenoxy) is 2. The van der Waals surface area contributed by atoms with Crippen molar-refractivity contribution in [2.75, 3.05) is 11.9 Å². The summed E-state index contributed by atoms with van der Waals surface area (Å²) in [5, 5.41) is 11.6. The Morgan fingerprint density at radius 3 is 2.58 bits per heavy atom. The lowest BCUT2D eigenvalue weighted by molar-refractivity contribution is -0.154. The Balaban J connectivity index is 1.86. The van der Waals surface area contributed by atoms with Crippen molar-refractivity contribution in [1.29, 1.82) is 5.26 Å². The monoisotopic (exact) mass is 372 g/mol. The standard InChI is InChI=1S/C19H17ClN2O4/c1-2-17(26-15-6-4-3-5-7-15)19(24)25-12-18(23)22-14-9-8-13(11-21)16(20)10-14/h3-10,17H,2,12H2,1H3,(H,22,23)/t17-/m0/s1. The fourth-order valence-electron chi connectivity index (χ4n) is 2.07. The molecular formula is C19H17ClN2O4. The molecule has 26 heavy (non-hydrogen) atoms. The van der Waals surface area contributed by atoms with E-state index in [9.17, 15) is 9.59 Å². The van der Waals surface area contributed by atoms with Gasteiger partial charge in [-0.2, -0.15) is 5.26 Å². The van der Waals surface area contributed by atoms with Crippen LogP contribution >= 0.6 is 11.6 Å². The second kappa shape index (κ2) is 9.44. The number of anilines is 1. The van der Waals surface area contributed by atoms with E-state index in [-0.39, 0.29) is 5.02 Å². The normalized spacial score (nSPS) is 11.1. The number of nitriles is 1. The fraction of sp³-hybridized carbons (Fsp3) is 0.211. The molecule has 0 fully saturated rings. The molecule has 0 saturated heterocycles. The van der Waals surface area contributed by atoms with Gasteiger partial charge in [0.1, 0.15) is 11.8 Å². The maximum absolute atomic E-state index is 12.1. The van der Waals surface area contributed by atoms with Gasteiger partial charge in [0.2, 0.25) is 0 Å². The summed E-state index contributed by atoms with van der Waals surface area (Å²) < 4.78 is 10.6. The van der Waals surface area contributed by atoms with Gasteiger partial charge in [-0.05, 0) is 36.8 Å². The van der Waals surface area contributed by atoms with Gasteiger partial charge in [-0.15, -0.1) is 0 Å². The number of esters is 1. The molecule has 7 heteroatoms. The quantitative estimate of drug-likeness (QED) is 0.751. The molecule has 2 aromatic carbocycles. The summed E-state index contributed by atoms with van der Waals surface area (Å²) in [5.41, 5.74) is 0.711. The van der Waals surface area contributed by atoms with E-state index in [1.165, 1.54) is 18.2 Å². The number of para-hydroxylation sites is 1. The zero-order chi connectivity index (χ0) is 18.9. The molecule has 0 unspecified atom stereocenters. The van der Waals surface area contributed by atoms with Crippen LogP contribution in [0.3, 0.4) is 0 Å². The molecule has 0 aliphatic heterocycles. The first-order valence-electron chi connectivity index (χ1n) is 7.91. The van der Waals surface area contributed by atoms with Crippen molar-refractivity contribution in [2.24, 2.45) is 0 Å². The van der Waals surface area contributed by atoms with Gasteiger partial charge < -0.3 is 14.8 Å². The smallest absolute Gasteiger partial charge is 0.347 e. The Bertz CT molecular complexity index is 818. The van der Waals surface area contributed by atoms with Crippen LogP contribution in [0, 0.1) is 11.3 Å². The first kappa shape index (κ1) is 19.3. The molecule has 0 aromatic heterocycles. The van der Waals surface area contributed by atoms with Crippen molar-refractivity contribution in [2.45, 2.75) is 19.4 Å². The largest absolute Gasteiger partial charge is 0.479 e. The number of hydrogen-bond donors (Lipinski definition) is 1. The van der Waals surface area contributed by atoms with E-state index in [0.29, 0.717) is 23.4 Å². The lowest BCUT2D eigenvalue weighted by Crippen LogP contribution is -2.31. The molecule has 0 heterocycles. The molecule has 1 amide bonds. The van der Waals surface area contributed by atoms with Gasteiger partial charge in [-0.3, -0.25) is 4.79 Å². The summed E-state index contributed by atoms with van der Waals surface area (Å²) >= 11 is 5.90. The van der Waals surface area contributed by atoms with E-state index in [0.717, 1.165) is 0 Å². The molecule has 0 aliphatic rings. The topological polar surface area (TPSA) is 88.4 Å². The molecule has 134 valence electrons. The number of benzene rings is 2. The average molecular weight is 373 g/mol. The highest BCUT2D eigenvalue weighted by molar-refractivity contribution is 6.32. The predicted octanol–water partition coefficient (Wildman–Crippen LogP) is 3.55. The third-order valence-corrected chi connectivity index (χ3v) is 3.69. The first-order chi connectivity index (χ1) is 12.5. The van der Waals surface area contributed by atoms with E-state index in [1.54, 1.807) is 31.2 Å². The predicted molar refractivity (Wildman–Crippen MR) is 96.9 cm³/mol. The SMILES string of the molecule is CC[C@H](Oc1ccccc1)C(=O)OCC(=O)Nc1ccc(C#N)c(Cl)c1. The third kappa shape index (κ3) is 5.50. The maximum Gasteiger partial charge on any atom is 0.347 e. The highest BCUT2D eigenvalue weighted by Crippen LogP contribution is 2.20. The summed E-state index contributed by atoms with van der Waals surface area (Å²) in [5.74, 6) is -0.592. The van der Waals surface area contributed by atoms with Crippen LogP contribution in [-0.2, 0) is 14.3 Å². The van der Waals surface area contributed by atoms with E-state index in [4.69, 9.17) is 26.3 Å². The van der Waals surface area contributed by atoms with Crippen LogP contribution in [0.2, 0.25) is 5.02 Å². The molecule has 0 bridgehead atoms. The Hall–Kier alpha value is -3.04. The molecule has 0 spiro atoms. The lowest BCUT2D eigenvalue weighted by atomic mass is 10.2. The number of carbonyl (C=O) groups excluding carboxylic acids is 2. The van der Waals surface area contributed by atoms with Gasteiger partial charge in [0.25, 0.3) is 5.91 Å². The fourth-order valence-corrected chi connectivity index (χ4v) is 2.29. The zero-order valence-corrected chi connectivity index (χ0v) is 14.8. The summed E-state index contributed by atoms with van der Waals surface area (Å²) in [7, 11) is 0. The minimum atomic E-state index is -0.797. The summed E-state index contributed by atoms with van der Waals surface area (Å²) in [4.78, 5) is 24.0. The first-order valence-corrected chi connectivity index (χ1v) is 8.29. The van der Waals surface area contributed by atoms with Crippen molar-refractivity contribution in [3.05, 3.63) is 59.1 Å². The lowest BCUT2D eigenvalue weighted by Gasteiger charge is -2.16. The Kier molecular flexibility index (Phi) is 7.01. The second-order valence-corrected chi connectivity index (χ2v) is 5.70. The van der Waals surface area contributed by atoms with Crippen LogP contribution in [0.15, 0.2) is 48.5 Å². The Morgan fingerprint density at radius 1 is 1.23 bits per heavy atom. The average Bonchev–Trinajstić information content (AvgIpc) is 2.65. The van der Waals surface area contributed by atoms with E-state index in [1.807, 2.05) is 12.1 Å². The highest BCUT2D eigenvalue weighted by atomic mass is 35.5. The van der Waals surface area contributed by atoms with Crippen LogP contribution in [0.4, 0.5) is 5.69 Å². The van der Waals surface area contributed by atoms with E-state index >= 15 is 0 Å². The highest BCUT2D eigenvalue weighted by Gasteiger charge is 2.21. The van der Waals surface area contributed by atoms with Crippen LogP contribution in [0.1, 0.15) is 18.9 Å². The van der Waals surface area contributed by atoms with Crippen LogP contribution in [-0.4, -0.2) is 24.6 Å². The van der Waals surface area contributed by atoms with Crippen LogP contribution in [0.5, 0.6) is 5.75 Å². The van der Waals surface area contributed by atoms with Gasteiger partial charge in [-0.1, -0.05) is 36.7 Å². The number of amides is 1. The molecule has 2 aromatic rings. The van der Waals surface area contributed by atoms with Crippen molar-refractivity contribution >= 4 is 29.2 Å². The van der Waals surface area contributed by atoms with E-state index < -0.39 is 24.6 Å². The van der Waals surface area contributed by atoms with Crippen LogP contribution < -0.4 is 10.1 Å². The summed E-state index contributed by atoms with van der Waals surface area (Å²) in [6.07, 6.45) is -0.393. The van der Waals surface area contributed by atoms with Crippen molar-refractivity contribution in [3.8, 4) is 11.8 Å². The van der Waals surface area contributed by atoms with Crippen molar-refractivity contribution in [1.82, 2.24) is 0 Å². The van der Waals surface area contributed by atoms with Gasteiger partial charge in [0.15, 0.2) is 12.7 Å². The molecule has 1 N–H and O–H groups in total. The summed E-state index contributed by atoms with van der Waals surface area (Å²) in [6, 6.07) is 15.3. The number of nitrogens with one attached hydrogen (secondary N) is 1. The molecule has 0 saturated carbocycles. The third-order valence-electron chi connectivity index (χ3n) is 3.37. The van der Waals surface area contributed by atoms with Crippen molar-refractivity contribution < 1.29 is 19.1 Å². The summed E-state index contributed by atoms with van der Waals surface area (Å²) in [6.45, 7) is 1.33. The van der Waals surface area contributed by atoms with Gasteiger partial charge in [0.05, 0.1) is 10.6 Å². The molecule has 1 atom stereocenters. The van der Waals surface area contributed by atoms with Gasteiger partial charge in [0, 0.05) is 5.69 Å². The van der Waals surface area contributed by atoms with Gasteiger partial charge in [-0.25, -0.2) is 4.79 Å². The van der Waals surface area contributed by atoms with Gasteiger partial charge >= 0.3 is 5.97 Å². The Morgan fingerprint density at radius 2 is 1.96 bits per heavy atom. The van der Waals surface area contributed by atoms with E-state index in [2.05, 4.69) is 5.32 Å². The molecule has 2 rings (SSSR count). The van der Waals surface area contributed by atoms with Crippen LogP contribution in [0.25, 0.3) is 0 Å². The molecule has 6 nitrogen and oxygen atoms in total. The molecule has 0 radical (unpaired) electrons. The number of halogens is 1. The number of rotatable bonds is 7. The number of carbonyl (C=O) groups is 2. The number of hydrogen-bond acceptors (Lipinski definition) is 5. The minimum absolute atomic E-state index is 0.226. The second-order valence-electron chi connectivity index (χ2n) is 5.29.